The Bertz CT molecular complexity index is 1080. The fourth-order valence-electron chi connectivity index (χ4n) is 3.90. The van der Waals surface area contributed by atoms with Gasteiger partial charge in [0.15, 0.2) is 0 Å². The zero-order valence-corrected chi connectivity index (χ0v) is 16.9. The molecule has 1 aliphatic heterocycles. The predicted molar refractivity (Wildman–Crippen MR) is 115 cm³/mol. The summed E-state index contributed by atoms with van der Waals surface area (Å²) in [6, 6.07) is 16.5. The molecule has 5 rings (SSSR count). The fourth-order valence-corrected chi connectivity index (χ4v) is 3.90. The van der Waals surface area contributed by atoms with Crippen LogP contribution in [0.2, 0.25) is 0 Å². The molecule has 1 saturated heterocycles. The van der Waals surface area contributed by atoms with Gasteiger partial charge in [-0.05, 0) is 55.6 Å². The lowest BCUT2D eigenvalue weighted by Gasteiger charge is -2.06. The molecule has 0 amide bonds. The molecule has 2 aromatic heterocycles. The van der Waals surface area contributed by atoms with Crippen LogP contribution in [0.25, 0.3) is 22.4 Å². The topological polar surface area (TPSA) is 68.8 Å². The van der Waals surface area contributed by atoms with Crippen LogP contribution in [-0.4, -0.2) is 32.8 Å². The summed E-state index contributed by atoms with van der Waals surface area (Å²) in [7, 11) is 0. The van der Waals surface area contributed by atoms with Crippen LogP contribution in [0.5, 0.6) is 0 Å². The molecule has 0 aliphatic carbocycles. The Morgan fingerprint density at radius 2 is 2.07 bits per heavy atom. The Morgan fingerprint density at radius 1 is 1.14 bits per heavy atom. The molecule has 0 spiro atoms. The molecule has 6 nitrogen and oxygen atoms in total. The van der Waals surface area contributed by atoms with Gasteiger partial charge in [0.1, 0.15) is 0 Å². The highest BCUT2D eigenvalue weighted by molar-refractivity contribution is 5.85. The van der Waals surface area contributed by atoms with Crippen LogP contribution in [0.3, 0.4) is 0 Å². The van der Waals surface area contributed by atoms with E-state index < -0.39 is 0 Å². The molecular weight excluding hydrogens is 386 g/mol. The molecular formula is C22H24ClN5O. The Hall–Kier alpha value is -2.70. The molecule has 1 aliphatic rings. The van der Waals surface area contributed by atoms with Crippen molar-refractivity contribution in [3.63, 3.8) is 0 Å². The highest BCUT2D eigenvalue weighted by atomic mass is 35.5. The smallest absolute Gasteiger partial charge is 0.226 e. The van der Waals surface area contributed by atoms with Gasteiger partial charge in [0.2, 0.25) is 11.7 Å². The van der Waals surface area contributed by atoms with Gasteiger partial charge in [0, 0.05) is 18.5 Å². The van der Waals surface area contributed by atoms with Crippen LogP contribution >= 0.6 is 12.4 Å². The molecule has 29 heavy (non-hydrogen) atoms. The number of nitrogens with zero attached hydrogens (tertiary/aromatic N) is 4. The standard InChI is InChI=1S/C22H23N5O.ClH/c1-2-7-20-19(6-1)24-15-27(20)14-17-4-3-5-18(12-17)22-25-21(28-26-22)9-8-16-10-11-23-13-16;/h1-7,12,15-16,23H,8-11,13-14H2;1H. The SMILES string of the molecule is Cl.c1cc(Cn2cnc3ccccc32)cc(-c2noc(CCC3CCNC3)n2)c1. The van der Waals surface area contributed by atoms with Gasteiger partial charge in [-0.25, -0.2) is 4.98 Å². The minimum atomic E-state index is 0. The maximum absolute atomic E-state index is 5.49. The summed E-state index contributed by atoms with van der Waals surface area (Å²) >= 11 is 0. The van der Waals surface area contributed by atoms with E-state index in [1.165, 1.54) is 12.0 Å². The second-order valence-corrected chi connectivity index (χ2v) is 7.47. The van der Waals surface area contributed by atoms with Crippen molar-refractivity contribution in [2.24, 2.45) is 5.92 Å². The third kappa shape index (κ3) is 4.33. The second kappa shape index (κ2) is 8.76. The average molecular weight is 410 g/mol. The van der Waals surface area contributed by atoms with Crippen LogP contribution in [0.1, 0.15) is 24.3 Å². The molecule has 4 aromatic rings. The summed E-state index contributed by atoms with van der Waals surface area (Å²) in [4.78, 5) is 9.08. The Morgan fingerprint density at radius 3 is 2.97 bits per heavy atom. The van der Waals surface area contributed by atoms with E-state index in [0.717, 1.165) is 60.9 Å². The molecule has 3 heterocycles. The summed E-state index contributed by atoms with van der Waals surface area (Å²) in [5.41, 5.74) is 4.32. The minimum absolute atomic E-state index is 0. The highest BCUT2D eigenvalue weighted by Crippen LogP contribution is 2.21. The number of para-hydroxylation sites is 2. The van der Waals surface area contributed by atoms with Crippen molar-refractivity contribution in [1.29, 1.82) is 0 Å². The van der Waals surface area contributed by atoms with Crippen molar-refractivity contribution in [1.82, 2.24) is 25.0 Å². The fraction of sp³-hybridized carbons (Fsp3) is 0.318. The zero-order valence-electron chi connectivity index (χ0n) is 16.1. The molecule has 1 fully saturated rings. The normalized spacial score (nSPS) is 16.2. The number of rotatable bonds is 6. The number of nitrogens with one attached hydrogen (secondary N) is 1. The Kier molecular flexibility index (Phi) is 5.92. The van der Waals surface area contributed by atoms with Crippen LogP contribution in [0.4, 0.5) is 0 Å². The van der Waals surface area contributed by atoms with E-state index in [1.807, 2.05) is 36.7 Å². The second-order valence-electron chi connectivity index (χ2n) is 7.47. The lowest BCUT2D eigenvalue weighted by Crippen LogP contribution is -2.09. The molecule has 0 saturated carbocycles. The van der Waals surface area contributed by atoms with E-state index in [1.54, 1.807) is 0 Å². The van der Waals surface area contributed by atoms with Crippen LogP contribution in [-0.2, 0) is 13.0 Å². The number of hydrogen-bond donors (Lipinski definition) is 1. The third-order valence-corrected chi connectivity index (χ3v) is 5.46. The zero-order chi connectivity index (χ0) is 18.8. The average Bonchev–Trinajstić information content (AvgIpc) is 3.48. The molecule has 0 radical (unpaired) electrons. The number of hydrogen-bond acceptors (Lipinski definition) is 5. The quantitative estimate of drug-likeness (QED) is 0.519. The largest absolute Gasteiger partial charge is 0.339 e. The van der Waals surface area contributed by atoms with Gasteiger partial charge in [-0.2, -0.15) is 4.98 Å². The lowest BCUT2D eigenvalue weighted by atomic mass is 10.0. The van der Waals surface area contributed by atoms with E-state index in [9.17, 15) is 0 Å². The molecule has 1 atom stereocenters. The first-order chi connectivity index (χ1) is 13.8. The predicted octanol–water partition coefficient (Wildman–Crippen LogP) is 4.10. The maximum atomic E-state index is 5.49. The first-order valence-electron chi connectivity index (χ1n) is 9.88. The maximum Gasteiger partial charge on any atom is 0.226 e. The van der Waals surface area contributed by atoms with E-state index in [0.29, 0.717) is 5.82 Å². The van der Waals surface area contributed by atoms with Crippen molar-refractivity contribution in [3.8, 4) is 11.4 Å². The van der Waals surface area contributed by atoms with E-state index >= 15 is 0 Å². The van der Waals surface area contributed by atoms with Crippen LogP contribution in [0, 0.1) is 5.92 Å². The van der Waals surface area contributed by atoms with Gasteiger partial charge in [0.25, 0.3) is 0 Å². The minimum Gasteiger partial charge on any atom is -0.339 e. The summed E-state index contributed by atoms with van der Waals surface area (Å²) in [6.07, 6.45) is 5.08. The summed E-state index contributed by atoms with van der Waals surface area (Å²) in [6.45, 7) is 2.98. The molecule has 1 unspecified atom stereocenters. The first-order valence-corrected chi connectivity index (χ1v) is 9.88. The van der Waals surface area contributed by atoms with E-state index in [4.69, 9.17) is 4.52 Å². The van der Waals surface area contributed by atoms with Crippen molar-refractivity contribution in [3.05, 3.63) is 66.3 Å². The lowest BCUT2D eigenvalue weighted by molar-refractivity contribution is 0.365. The van der Waals surface area contributed by atoms with Crippen LogP contribution in [0.15, 0.2) is 59.4 Å². The number of aryl methyl sites for hydroxylation is 1. The number of fused-ring (bicyclic) bond motifs is 1. The molecule has 2 aromatic carbocycles. The van der Waals surface area contributed by atoms with Crippen molar-refractivity contribution in [2.75, 3.05) is 13.1 Å². The number of aromatic nitrogens is 4. The monoisotopic (exact) mass is 409 g/mol. The Labute approximate surface area is 175 Å². The molecule has 1 N–H and O–H groups in total. The van der Waals surface area contributed by atoms with Crippen molar-refractivity contribution in [2.45, 2.75) is 25.8 Å². The first kappa shape index (κ1) is 19.6. The van der Waals surface area contributed by atoms with Gasteiger partial charge in [0.05, 0.1) is 17.4 Å². The van der Waals surface area contributed by atoms with Gasteiger partial charge in [-0.15, -0.1) is 12.4 Å². The summed E-state index contributed by atoms with van der Waals surface area (Å²) in [5.74, 6) is 2.12. The summed E-state index contributed by atoms with van der Waals surface area (Å²) < 4.78 is 7.64. The number of halogens is 1. The summed E-state index contributed by atoms with van der Waals surface area (Å²) in [5, 5.41) is 7.60. The van der Waals surface area contributed by atoms with Crippen LogP contribution < -0.4 is 5.32 Å². The molecule has 7 heteroatoms. The van der Waals surface area contributed by atoms with E-state index in [2.05, 4.69) is 43.2 Å². The third-order valence-electron chi connectivity index (χ3n) is 5.46. The number of benzene rings is 2. The highest BCUT2D eigenvalue weighted by Gasteiger charge is 2.16. The molecule has 0 bridgehead atoms. The number of imidazole rings is 1. The molecule has 150 valence electrons. The van der Waals surface area contributed by atoms with Gasteiger partial charge in [-0.3, -0.25) is 0 Å². The Balaban J connectivity index is 0.00000205. The van der Waals surface area contributed by atoms with Gasteiger partial charge < -0.3 is 14.4 Å². The van der Waals surface area contributed by atoms with E-state index in [-0.39, 0.29) is 12.4 Å². The van der Waals surface area contributed by atoms with Gasteiger partial charge >= 0.3 is 0 Å². The van der Waals surface area contributed by atoms with Crippen molar-refractivity contribution < 1.29 is 4.52 Å². The van der Waals surface area contributed by atoms with Gasteiger partial charge in [-0.1, -0.05) is 35.5 Å². The van der Waals surface area contributed by atoms with Crippen molar-refractivity contribution >= 4 is 23.4 Å².